The fraction of sp³-hybridized carbons (Fsp3) is 0.200. The van der Waals surface area contributed by atoms with Crippen molar-refractivity contribution in [3.63, 3.8) is 0 Å². The Hall–Kier alpha value is -2.11. The van der Waals surface area contributed by atoms with Crippen LogP contribution in [0.3, 0.4) is 0 Å². The van der Waals surface area contributed by atoms with E-state index in [9.17, 15) is 10.1 Å². The summed E-state index contributed by atoms with van der Waals surface area (Å²) in [6.45, 7) is 0.953. The number of nitrogens with one attached hydrogen (secondary N) is 1. The molecule has 5 nitrogen and oxygen atoms in total. The Morgan fingerprint density at radius 2 is 1.95 bits per heavy atom. The zero-order chi connectivity index (χ0) is 15.2. The third-order valence-electron chi connectivity index (χ3n) is 2.95. The molecule has 0 atom stereocenters. The first kappa shape index (κ1) is 15.3. The van der Waals surface area contributed by atoms with E-state index in [1.54, 1.807) is 18.2 Å². The number of halogens is 1. The van der Waals surface area contributed by atoms with Crippen LogP contribution in [0, 0.1) is 10.1 Å². The van der Waals surface area contributed by atoms with Crippen LogP contribution in [0.5, 0.6) is 5.75 Å². The molecule has 21 heavy (non-hydrogen) atoms. The Bertz CT molecular complexity index is 629. The van der Waals surface area contributed by atoms with E-state index in [4.69, 9.17) is 16.3 Å². The fourth-order valence-electron chi connectivity index (χ4n) is 1.91. The van der Waals surface area contributed by atoms with E-state index in [1.165, 1.54) is 12.1 Å². The molecule has 0 saturated carbocycles. The van der Waals surface area contributed by atoms with E-state index in [1.807, 2.05) is 19.2 Å². The predicted octanol–water partition coefficient (Wildman–Crippen LogP) is 3.55. The van der Waals surface area contributed by atoms with Gasteiger partial charge in [-0.25, -0.2) is 0 Å². The van der Waals surface area contributed by atoms with E-state index < -0.39 is 4.92 Å². The second-order valence-corrected chi connectivity index (χ2v) is 4.88. The number of nitro groups is 1. The van der Waals surface area contributed by atoms with E-state index in [0.717, 1.165) is 11.1 Å². The Morgan fingerprint density at radius 3 is 2.57 bits per heavy atom. The summed E-state index contributed by atoms with van der Waals surface area (Å²) in [5.41, 5.74) is 1.87. The van der Waals surface area contributed by atoms with Gasteiger partial charge in [-0.2, -0.15) is 0 Å². The van der Waals surface area contributed by atoms with Gasteiger partial charge in [0, 0.05) is 24.2 Å². The van der Waals surface area contributed by atoms with Crippen molar-refractivity contribution in [2.75, 3.05) is 7.05 Å². The molecule has 0 aliphatic carbocycles. The number of nitrogens with zero attached hydrogens (tertiary/aromatic N) is 1. The van der Waals surface area contributed by atoms with Gasteiger partial charge in [0.1, 0.15) is 12.4 Å². The van der Waals surface area contributed by atoms with Crippen LogP contribution < -0.4 is 10.1 Å². The van der Waals surface area contributed by atoms with Crippen LogP contribution in [0.2, 0.25) is 5.02 Å². The summed E-state index contributed by atoms with van der Waals surface area (Å²) in [5.74, 6) is 0.631. The van der Waals surface area contributed by atoms with Crippen molar-refractivity contribution in [2.45, 2.75) is 13.2 Å². The minimum atomic E-state index is -0.427. The monoisotopic (exact) mass is 306 g/mol. The molecular weight excluding hydrogens is 292 g/mol. The second kappa shape index (κ2) is 7.06. The highest BCUT2D eigenvalue weighted by Crippen LogP contribution is 2.29. The van der Waals surface area contributed by atoms with E-state index in [0.29, 0.717) is 23.9 Å². The van der Waals surface area contributed by atoms with Crippen molar-refractivity contribution in [1.82, 2.24) is 5.32 Å². The number of nitro benzene ring substituents is 1. The number of ether oxygens (including phenoxy) is 1. The summed E-state index contributed by atoms with van der Waals surface area (Å²) < 4.78 is 5.77. The maximum Gasteiger partial charge on any atom is 0.269 e. The van der Waals surface area contributed by atoms with Crippen LogP contribution in [-0.4, -0.2) is 12.0 Å². The van der Waals surface area contributed by atoms with Gasteiger partial charge in [0.15, 0.2) is 0 Å². The topological polar surface area (TPSA) is 64.4 Å². The van der Waals surface area contributed by atoms with Crippen LogP contribution in [0.25, 0.3) is 0 Å². The van der Waals surface area contributed by atoms with Gasteiger partial charge in [0.25, 0.3) is 5.69 Å². The molecule has 0 spiro atoms. The fourth-order valence-corrected chi connectivity index (χ4v) is 2.16. The largest absolute Gasteiger partial charge is 0.487 e. The van der Waals surface area contributed by atoms with Gasteiger partial charge in [-0.05, 0) is 30.8 Å². The molecule has 6 heteroatoms. The van der Waals surface area contributed by atoms with Gasteiger partial charge >= 0.3 is 0 Å². The van der Waals surface area contributed by atoms with Crippen molar-refractivity contribution in [2.24, 2.45) is 0 Å². The van der Waals surface area contributed by atoms with Crippen molar-refractivity contribution < 1.29 is 9.66 Å². The Labute approximate surface area is 127 Å². The van der Waals surface area contributed by atoms with Crippen LogP contribution in [0.15, 0.2) is 42.5 Å². The molecule has 110 valence electrons. The van der Waals surface area contributed by atoms with Gasteiger partial charge in [0.2, 0.25) is 0 Å². The zero-order valence-electron chi connectivity index (χ0n) is 11.5. The Balaban J connectivity index is 2.10. The lowest BCUT2D eigenvalue weighted by Gasteiger charge is -2.13. The van der Waals surface area contributed by atoms with Crippen molar-refractivity contribution in [1.29, 1.82) is 0 Å². The summed E-state index contributed by atoms with van der Waals surface area (Å²) in [6, 6.07) is 11.8. The molecule has 0 aromatic heterocycles. The summed E-state index contributed by atoms with van der Waals surface area (Å²) in [4.78, 5) is 10.2. The molecule has 0 bridgehead atoms. The van der Waals surface area contributed by atoms with Gasteiger partial charge in [-0.1, -0.05) is 23.7 Å². The molecule has 0 amide bonds. The van der Waals surface area contributed by atoms with Crippen molar-refractivity contribution in [3.8, 4) is 5.75 Å². The molecule has 0 heterocycles. The molecule has 2 aromatic carbocycles. The lowest BCUT2D eigenvalue weighted by atomic mass is 10.2. The molecule has 1 N–H and O–H groups in total. The quantitative estimate of drug-likeness (QED) is 0.655. The average Bonchev–Trinajstić information content (AvgIpc) is 2.47. The van der Waals surface area contributed by atoms with Gasteiger partial charge in [-0.15, -0.1) is 0 Å². The smallest absolute Gasteiger partial charge is 0.269 e. The maximum absolute atomic E-state index is 10.6. The molecule has 0 unspecified atom stereocenters. The number of hydrogen-bond donors (Lipinski definition) is 1. The molecule has 0 fully saturated rings. The number of hydrogen-bond acceptors (Lipinski definition) is 4. The molecule has 2 rings (SSSR count). The standard InChI is InChI=1S/C15H15ClN2O3/c1-17-9-12-3-2-4-14(16)15(12)21-10-11-5-7-13(8-6-11)18(19)20/h2-8,17H,9-10H2,1H3. The first-order chi connectivity index (χ1) is 10.1. The minimum absolute atomic E-state index is 0.0624. The van der Waals surface area contributed by atoms with Crippen LogP contribution in [0.4, 0.5) is 5.69 Å². The van der Waals surface area contributed by atoms with Crippen LogP contribution >= 0.6 is 11.6 Å². The van der Waals surface area contributed by atoms with Crippen LogP contribution in [0.1, 0.15) is 11.1 Å². The third-order valence-corrected chi connectivity index (χ3v) is 3.24. The number of benzene rings is 2. The van der Waals surface area contributed by atoms with Gasteiger partial charge < -0.3 is 10.1 Å². The summed E-state index contributed by atoms with van der Waals surface area (Å²) in [7, 11) is 1.85. The summed E-state index contributed by atoms with van der Waals surface area (Å²) >= 11 is 6.16. The number of non-ortho nitro benzene ring substituents is 1. The lowest BCUT2D eigenvalue weighted by molar-refractivity contribution is -0.384. The van der Waals surface area contributed by atoms with Crippen molar-refractivity contribution in [3.05, 3.63) is 68.7 Å². The summed E-state index contributed by atoms with van der Waals surface area (Å²) in [5, 5.41) is 14.2. The highest BCUT2D eigenvalue weighted by molar-refractivity contribution is 6.32. The number of rotatable bonds is 6. The Morgan fingerprint density at radius 1 is 1.24 bits per heavy atom. The zero-order valence-corrected chi connectivity index (χ0v) is 12.3. The number of para-hydroxylation sites is 1. The molecular formula is C15H15ClN2O3. The first-order valence-corrected chi connectivity index (χ1v) is 6.77. The second-order valence-electron chi connectivity index (χ2n) is 4.47. The van der Waals surface area contributed by atoms with E-state index >= 15 is 0 Å². The lowest BCUT2D eigenvalue weighted by Crippen LogP contribution is -2.08. The third kappa shape index (κ3) is 3.93. The highest BCUT2D eigenvalue weighted by atomic mass is 35.5. The maximum atomic E-state index is 10.6. The van der Waals surface area contributed by atoms with E-state index in [-0.39, 0.29) is 5.69 Å². The predicted molar refractivity (Wildman–Crippen MR) is 81.6 cm³/mol. The SMILES string of the molecule is CNCc1cccc(Cl)c1OCc1ccc([N+](=O)[O-])cc1. The van der Waals surface area contributed by atoms with Gasteiger partial charge in [-0.3, -0.25) is 10.1 Å². The molecule has 0 aliphatic rings. The first-order valence-electron chi connectivity index (χ1n) is 6.40. The normalized spacial score (nSPS) is 10.4. The Kier molecular flexibility index (Phi) is 5.14. The van der Waals surface area contributed by atoms with E-state index in [2.05, 4.69) is 5.32 Å². The minimum Gasteiger partial charge on any atom is -0.487 e. The molecule has 0 saturated heterocycles. The average molecular weight is 307 g/mol. The highest BCUT2D eigenvalue weighted by Gasteiger charge is 2.09. The molecule has 0 aliphatic heterocycles. The molecule has 2 aromatic rings. The van der Waals surface area contributed by atoms with Gasteiger partial charge in [0.05, 0.1) is 9.95 Å². The molecule has 0 radical (unpaired) electrons. The summed E-state index contributed by atoms with van der Waals surface area (Å²) in [6.07, 6.45) is 0. The van der Waals surface area contributed by atoms with Crippen LogP contribution in [-0.2, 0) is 13.2 Å². The van der Waals surface area contributed by atoms with Crippen molar-refractivity contribution >= 4 is 17.3 Å².